The van der Waals surface area contributed by atoms with Crippen LogP contribution in [0, 0.1) is 0 Å². The van der Waals surface area contributed by atoms with E-state index < -0.39 is 29.0 Å². The molecule has 22 heavy (non-hydrogen) atoms. The smallest absolute Gasteiger partial charge is 0.386 e. The van der Waals surface area contributed by atoms with E-state index in [2.05, 4.69) is 4.89 Å². The van der Waals surface area contributed by atoms with Crippen LogP contribution in [-0.2, 0) is 4.89 Å². The van der Waals surface area contributed by atoms with Crippen molar-refractivity contribution in [3.63, 3.8) is 0 Å². The van der Waals surface area contributed by atoms with Crippen LogP contribution in [-0.4, -0.2) is 28.1 Å². The van der Waals surface area contributed by atoms with E-state index in [1.165, 1.54) is 18.2 Å². The van der Waals surface area contributed by atoms with Crippen molar-refractivity contribution in [3.05, 3.63) is 65.2 Å². The average molecular weight is 302 g/mol. The lowest BCUT2D eigenvalue weighted by molar-refractivity contribution is -0.149. The van der Waals surface area contributed by atoms with Gasteiger partial charge in [0.25, 0.3) is 0 Å². The lowest BCUT2D eigenvalue weighted by atomic mass is 10.1. The van der Waals surface area contributed by atoms with Crippen molar-refractivity contribution in [2.75, 3.05) is 0 Å². The molecule has 2 aromatic rings. The molecule has 0 aliphatic carbocycles. The number of carbonyl (C=O) groups excluding carboxylic acids is 1. The summed E-state index contributed by atoms with van der Waals surface area (Å²) in [6.45, 7) is 0. The standard InChI is InChI=1S/C15H10O7/c16-13(17)11-7-6-10(8-12(11)14(18)19)21-22-15(20)9-4-2-1-3-5-9/h1-8H,(H,16,17)(H,18,19). The Kier molecular flexibility index (Phi) is 4.38. The molecule has 0 unspecified atom stereocenters. The number of carboxylic acids is 2. The summed E-state index contributed by atoms with van der Waals surface area (Å²) in [5.41, 5.74) is -0.613. The molecular formula is C15H10O7. The summed E-state index contributed by atoms with van der Waals surface area (Å²) in [5.74, 6) is -3.69. The molecule has 0 aliphatic rings. The number of carboxylic acid groups (broad SMARTS) is 2. The van der Waals surface area contributed by atoms with Gasteiger partial charge in [-0.2, -0.15) is 0 Å². The number of carbonyl (C=O) groups is 3. The second-order valence-electron chi connectivity index (χ2n) is 4.14. The summed E-state index contributed by atoms with van der Waals surface area (Å²) >= 11 is 0. The van der Waals surface area contributed by atoms with E-state index in [9.17, 15) is 14.4 Å². The van der Waals surface area contributed by atoms with E-state index >= 15 is 0 Å². The fourth-order valence-electron chi connectivity index (χ4n) is 1.65. The normalized spacial score (nSPS) is 9.82. The molecule has 0 heterocycles. The van der Waals surface area contributed by atoms with Crippen LogP contribution in [0.5, 0.6) is 5.75 Å². The van der Waals surface area contributed by atoms with E-state index in [4.69, 9.17) is 15.1 Å². The molecule has 2 rings (SSSR count). The molecule has 0 atom stereocenters. The minimum Gasteiger partial charge on any atom is -0.478 e. The van der Waals surface area contributed by atoms with E-state index in [-0.39, 0.29) is 11.3 Å². The highest BCUT2D eigenvalue weighted by Gasteiger charge is 2.18. The first-order valence-corrected chi connectivity index (χ1v) is 6.03. The molecule has 0 aliphatic heterocycles. The zero-order chi connectivity index (χ0) is 16.1. The quantitative estimate of drug-likeness (QED) is 0.643. The van der Waals surface area contributed by atoms with Gasteiger partial charge in [0.2, 0.25) is 0 Å². The van der Waals surface area contributed by atoms with Crippen LogP contribution >= 0.6 is 0 Å². The molecule has 2 N–H and O–H groups in total. The summed E-state index contributed by atoms with van der Waals surface area (Å²) in [6.07, 6.45) is 0. The Hall–Kier alpha value is -3.35. The second-order valence-corrected chi connectivity index (χ2v) is 4.14. The largest absolute Gasteiger partial charge is 0.478 e. The molecule has 0 bridgehead atoms. The molecule has 0 saturated carbocycles. The lowest BCUT2D eigenvalue weighted by Gasteiger charge is -2.06. The van der Waals surface area contributed by atoms with Crippen LogP contribution in [0.1, 0.15) is 31.1 Å². The molecule has 7 nitrogen and oxygen atoms in total. The van der Waals surface area contributed by atoms with Crippen molar-refractivity contribution in [2.45, 2.75) is 0 Å². The van der Waals surface area contributed by atoms with Gasteiger partial charge >= 0.3 is 17.9 Å². The maximum Gasteiger partial charge on any atom is 0.386 e. The number of benzene rings is 2. The van der Waals surface area contributed by atoms with Gasteiger partial charge in [-0.05, 0) is 24.3 Å². The molecule has 0 amide bonds. The first kappa shape index (κ1) is 15.0. The minimum atomic E-state index is -1.43. The Labute approximate surface area is 124 Å². The summed E-state index contributed by atoms with van der Waals surface area (Å²) in [7, 11) is 0. The topological polar surface area (TPSA) is 110 Å². The maximum absolute atomic E-state index is 11.7. The monoisotopic (exact) mass is 302 g/mol. The molecule has 0 spiro atoms. The zero-order valence-electron chi connectivity index (χ0n) is 11.1. The Morgan fingerprint density at radius 3 is 2.05 bits per heavy atom. The van der Waals surface area contributed by atoms with Gasteiger partial charge in [0.1, 0.15) is 0 Å². The van der Waals surface area contributed by atoms with E-state index in [0.717, 1.165) is 12.1 Å². The summed E-state index contributed by atoms with van der Waals surface area (Å²) < 4.78 is 0. The summed E-state index contributed by atoms with van der Waals surface area (Å²) in [6, 6.07) is 11.2. The number of aromatic carboxylic acids is 2. The van der Waals surface area contributed by atoms with Gasteiger partial charge in [0.15, 0.2) is 5.75 Å². The molecule has 0 aromatic heterocycles. The Balaban J connectivity index is 2.14. The van der Waals surface area contributed by atoms with E-state index in [1.807, 2.05) is 0 Å². The summed E-state index contributed by atoms with van der Waals surface area (Å²) in [5, 5.41) is 17.9. The highest BCUT2D eigenvalue weighted by atomic mass is 17.2. The first-order chi connectivity index (χ1) is 10.5. The molecule has 0 saturated heterocycles. The molecule has 0 fully saturated rings. The number of rotatable bonds is 5. The Morgan fingerprint density at radius 1 is 0.818 bits per heavy atom. The van der Waals surface area contributed by atoms with Gasteiger partial charge in [-0.15, -0.1) is 0 Å². The lowest BCUT2D eigenvalue weighted by Crippen LogP contribution is -2.11. The number of hydrogen-bond donors (Lipinski definition) is 2. The van der Waals surface area contributed by atoms with Gasteiger partial charge in [-0.25, -0.2) is 19.3 Å². The third kappa shape index (κ3) is 3.40. The third-order valence-corrected chi connectivity index (χ3v) is 2.67. The van der Waals surface area contributed by atoms with Crippen LogP contribution in [0.2, 0.25) is 0 Å². The molecule has 2 aromatic carbocycles. The van der Waals surface area contributed by atoms with Crippen molar-refractivity contribution in [2.24, 2.45) is 0 Å². The van der Waals surface area contributed by atoms with Crippen LogP contribution in [0.15, 0.2) is 48.5 Å². The molecule has 7 heteroatoms. The van der Waals surface area contributed by atoms with Gasteiger partial charge < -0.3 is 10.2 Å². The Bertz CT molecular complexity index is 722. The predicted molar refractivity (Wildman–Crippen MR) is 72.8 cm³/mol. The Morgan fingerprint density at radius 2 is 1.45 bits per heavy atom. The molecular weight excluding hydrogens is 292 g/mol. The second kappa shape index (κ2) is 6.40. The van der Waals surface area contributed by atoms with Crippen LogP contribution < -0.4 is 4.89 Å². The van der Waals surface area contributed by atoms with Crippen LogP contribution in [0.3, 0.4) is 0 Å². The number of hydrogen-bond acceptors (Lipinski definition) is 5. The van der Waals surface area contributed by atoms with Crippen LogP contribution in [0.4, 0.5) is 0 Å². The summed E-state index contributed by atoms with van der Waals surface area (Å²) in [4.78, 5) is 42.9. The van der Waals surface area contributed by atoms with E-state index in [0.29, 0.717) is 0 Å². The zero-order valence-corrected chi connectivity index (χ0v) is 11.1. The van der Waals surface area contributed by atoms with Crippen molar-refractivity contribution in [1.29, 1.82) is 0 Å². The highest BCUT2D eigenvalue weighted by molar-refractivity contribution is 6.02. The SMILES string of the molecule is O=C(OOc1ccc(C(=O)O)c(C(=O)O)c1)c1ccccc1. The van der Waals surface area contributed by atoms with Crippen molar-refractivity contribution in [3.8, 4) is 5.75 Å². The van der Waals surface area contributed by atoms with Gasteiger partial charge in [-0.1, -0.05) is 18.2 Å². The minimum absolute atomic E-state index is 0.105. The van der Waals surface area contributed by atoms with Gasteiger partial charge in [0.05, 0.1) is 16.7 Å². The highest BCUT2D eigenvalue weighted by Crippen LogP contribution is 2.19. The molecule has 0 radical (unpaired) electrons. The predicted octanol–water partition coefficient (Wildman–Crippen LogP) is 2.23. The molecule has 112 valence electrons. The fourth-order valence-corrected chi connectivity index (χ4v) is 1.65. The van der Waals surface area contributed by atoms with Gasteiger partial charge in [-0.3, -0.25) is 4.89 Å². The van der Waals surface area contributed by atoms with E-state index in [1.54, 1.807) is 18.2 Å². The van der Waals surface area contributed by atoms with Crippen molar-refractivity contribution >= 4 is 17.9 Å². The third-order valence-electron chi connectivity index (χ3n) is 2.67. The van der Waals surface area contributed by atoms with Crippen molar-refractivity contribution in [1.82, 2.24) is 0 Å². The maximum atomic E-state index is 11.7. The fraction of sp³-hybridized carbons (Fsp3) is 0. The van der Waals surface area contributed by atoms with Crippen LogP contribution in [0.25, 0.3) is 0 Å². The average Bonchev–Trinajstić information content (AvgIpc) is 2.53. The van der Waals surface area contributed by atoms with Gasteiger partial charge in [0, 0.05) is 6.07 Å². The van der Waals surface area contributed by atoms with Crippen molar-refractivity contribution < 1.29 is 34.4 Å². The first-order valence-electron chi connectivity index (χ1n) is 6.03.